The summed E-state index contributed by atoms with van der Waals surface area (Å²) in [6, 6.07) is 13.0. The molecule has 1 aliphatic rings. The minimum absolute atomic E-state index is 0.0417. The molecular weight excluding hydrogens is 453 g/mol. The van der Waals surface area contributed by atoms with E-state index in [4.69, 9.17) is 16.6 Å². The highest BCUT2D eigenvalue weighted by atomic mass is 32.1. The van der Waals surface area contributed by atoms with E-state index in [-0.39, 0.29) is 27.8 Å². The van der Waals surface area contributed by atoms with E-state index in [0.717, 1.165) is 23.3 Å². The summed E-state index contributed by atoms with van der Waals surface area (Å²) >= 11 is 5.22. The normalized spacial score (nSPS) is 15.8. The Balaban J connectivity index is 1.69. The molecule has 0 saturated carbocycles. The third-order valence-corrected chi connectivity index (χ3v) is 5.59. The fraction of sp³-hybridized carbons (Fsp3) is 0.125. The number of benzene rings is 2. The van der Waals surface area contributed by atoms with Crippen LogP contribution >= 0.6 is 12.2 Å². The van der Waals surface area contributed by atoms with Crippen molar-refractivity contribution in [1.82, 2.24) is 5.32 Å². The molecule has 2 heterocycles. The molecule has 33 heavy (non-hydrogen) atoms. The fourth-order valence-electron chi connectivity index (χ4n) is 3.43. The van der Waals surface area contributed by atoms with Gasteiger partial charge in [0, 0.05) is 5.56 Å². The van der Waals surface area contributed by atoms with Crippen molar-refractivity contribution in [1.29, 1.82) is 0 Å². The van der Waals surface area contributed by atoms with E-state index in [1.807, 2.05) is 19.9 Å². The number of alkyl halides is 3. The molecule has 5 nitrogen and oxygen atoms in total. The summed E-state index contributed by atoms with van der Waals surface area (Å²) in [7, 11) is 0. The quantitative estimate of drug-likeness (QED) is 0.316. The number of rotatable bonds is 3. The Morgan fingerprint density at radius 2 is 1.76 bits per heavy atom. The Morgan fingerprint density at radius 1 is 1.03 bits per heavy atom. The van der Waals surface area contributed by atoms with Crippen molar-refractivity contribution in [3.8, 4) is 11.3 Å². The molecular formula is C24H17F3N2O3S. The lowest BCUT2D eigenvalue weighted by atomic mass is 10.0. The van der Waals surface area contributed by atoms with Gasteiger partial charge in [0.2, 0.25) is 0 Å². The van der Waals surface area contributed by atoms with E-state index >= 15 is 0 Å². The molecule has 9 heteroatoms. The minimum atomic E-state index is -4.49. The van der Waals surface area contributed by atoms with Gasteiger partial charge in [0.1, 0.15) is 17.1 Å². The SMILES string of the molecule is Cc1cccc(N2C(=O)/C(=C/c3ccc(-c4cccc(C(F)(F)F)c4)o3)C(=O)NC2=S)c1C. The molecule has 4 rings (SSSR count). The standard InChI is InChI=1S/C24H17F3N2O3S/c1-13-5-3-8-19(14(13)2)29-22(31)18(21(30)28-23(29)33)12-17-9-10-20(32-17)15-6-4-7-16(11-15)24(25,26)27/h3-12H,1-2H3,(H,28,30,33)/b18-12+. The number of nitrogens with zero attached hydrogens (tertiary/aromatic N) is 1. The van der Waals surface area contributed by atoms with Crippen LogP contribution in [-0.4, -0.2) is 16.9 Å². The van der Waals surface area contributed by atoms with Gasteiger partial charge in [-0.05, 0) is 73.6 Å². The van der Waals surface area contributed by atoms with E-state index in [0.29, 0.717) is 5.69 Å². The third kappa shape index (κ3) is 4.31. The zero-order valence-corrected chi connectivity index (χ0v) is 18.3. The van der Waals surface area contributed by atoms with Crippen LogP contribution in [0.4, 0.5) is 18.9 Å². The highest BCUT2D eigenvalue weighted by Crippen LogP contribution is 2.33. The molecule has 1 aliphatic heterocycles. The average molecular weight is 470 g/mol. The number of nitrogens with one attached hydrogen (secondary N) is 1. The smallest absolute Gasteiger partial charge is 0.416 e. The maximum Gasteiger partial charge on any atom is 0.416 e. The number of thiocarbonyl (C=S) groups is 1. The van der Waals surface area contributed by atoms with E-state index in [9.17, 15) is 22.8 Å². The van der Waals surface area contributed by atoms with E-state index in [2.05, 4.69) is 5.32 Å². The number of amides is 2. The van der Waals surface area contributed by atoms with Crippen molar-refractivity contribution in [3.63, 3.8) is 0 Å². The Bertz CT molecular complexity index is 1320. The number of carbonyl (C=O) groups is 2. The van der Waals surface area contributed by atoms with Crippen LogP contribution in [0.5, 0.6) is 0 Å². The largest absolute Gasteiger partial charge is 0.457 e. The van der Waals surface area contributed by atoms with Crippen molar-refractivity contribution in [3.05, 3.63) is 82.6 Å². The number of hydrogen-bond donors (Lipinski definition) is 1. The Kier molecular flexibility index (Phi) is 5.67. The first-order valence-corrected chi connectivity index (χ1v) is 10.2. The fourth-order valence-corrected chi connectivity index (χ4v) is 3.70. The predicted molar refractivity (Wildman–Crippen MR) is 121 cm³/mol. The van der Waals surface area contributed by atoms with Crippen LogP contribution in [0.25, 0.3) is 17.4 Å². The second kappa shape index (κ2) is 8.32. The first-order valence-electron chi connectivity index (χ1n) is 9.81. The molecule has 1 saturated heterocycles. The van der Waals surface area contributed by atoms with Crippen molar-refractivity contribution in [2.75, 3.05) is 4.90 Å². The molecule has 3 aromatic rings. The highest BCUT2D eigenvalue weighted by molar-refractivity contribution is 7.80. The summed E-state index contributed by atoms with van der Waals surface area (Å²) in [5.41, 5.74) is 1.51. The van der Waals surface area contributed by atoms with Crippen LogP contribution in [0.3, 0.4) is 0 Å². The molecule has 0 spiro atoms. The van der Waals surface area contributed by atoms with Crippen molar-refractivity contribution in [2.45, 2.75) is 20.0 Å². The minimum Gasteiger partial charge on any atom is -0.457 e. The van der Waals surface area contributed by atoms with E-state index in [1.165, 1.54) is 35.2 Å². The van der Waals surface area contributed by atoms with Crippen LogP contribution in [0.2, 0.25) is 0 Å². The molecule has 1 fully saturated rings. The second-order valence-electron chi connectivity index (χ2n) is 7.46. The number of furan rings is 1. The molecule has 1 N–H and O–H groups in total. The van der Waals surface area contributed by atoms with Crippen molar-refractivity contribution >= 4 is 40.9 Å². The molecule has 0 radical (unpaired) electrons. The molecule has 168 valence electrons. The van der Waals surface area contributed by atoms with Gasteiger partial charge in [0.05, 0.1) is 11.3 Å². The first-order chi connectivity index (χ1) is 15.6. The van der Waals surface area contributed by atoms with Crippen LogP contribution in [0.1, 0.15) is 22.5 Å². The first kappa shape index (κ1) is 22.5. The van der Waals surface area contributed by atoms with Crippen molar-refractivity contribution in [2.24, 2.45) is 0 Å². The summed E-state index contributed by atoms with van der Waals surface area (Å²) in [5.74, 6) is -1.02. The van der Waals surface area contributed by atoms with E-state index in [1.54, 1.807) is 12.1 Å². The Hall–Kier alpha value is -3.72. The summed E-state index contributed by atoms with van der Waals surface area (Å²) in [5, 5.41) is 2.46. The zero-order chi connectivity index (χ0) is 23.9. The number of hydrogen-bond acceptors (Lipinski definition) is 4. The van der Waals surface area contributed by atoms with Gasteiger partial charge < -0.3 is 4.42 Å². The Labute approximate surface area is 192 Å². The van der Waals surface area contributed by atoms with Gasteiger partial charge in [-0.1, -0.05) is 24.3 Å². The molecule has 0 bridgehead atoms. The van der Waals surface area contributed by atoms with Gasteiger partial charge in [-0.3, -0.25) is 19.8 Å². The summed E-state index contributed by atoms with van der Waals surface area (Å²) < 4.78 is 44.6. The zero-order valence-electron chi connectivity index (χ0n) is 17.5. The highest BCUT2D eigenvalue weighted by Gasteiger charge is 2.35. The van der Waals surface area contributed by atoms with Gasteiger partial charge in [-0.25, -0.2) is 0 Å². The maximum atomic E-state index is 13.2. The van der Waals surface area contributed by atoms with Crippen molar-refractivity contribution < 1.29 is 27.2 Å². The predicted octanol–water partition coefficient (Wildman–Crippen LogP) is 5.41. The summed E-state index contributed by atoms with van der Waals surface area (Å²) in [6.45, 7) is 3.73. The molecule has 0 atom stereocenters. The average Bonchev–Trinajstić information content (AvgIpc) is 3.22. The molecule has 1 aromatic heterocycles. The lowest BCUT2D eigenvalue weighted by Gasteiger charge is -2.30. The second-order valence-corrected chi connectivity index (χ2v) is 7.84. The van der Waals surface area contributed by atoms with Gasteiger partial charge >= 0.3 is 6.18 Å². The monoisotopic (exact) mass is 470 g/mol. The van der Waals surface area contributed by atoms with Crippen LogP contribution in [-0.2, 0) is 15.8 Å². The number of anilines is 1. The van der Waals surface area contributed by atoms with Crippen LogP contribution in [0, 0.1) is 13.8 Å². The maximum absolute atomic E-state index is 13.2. The number of carbonyl (C=O) groups excluding carboxylic acids is 2. The summed E-state index contributed by atoms with van der Waals surface area (Å²) in [6.07, 6.45) is -3.25. The van der Waals surface area contributed by atoms with Gasteiger partial charge in [-0.15, -0.1) is 0 Å². The number of aryl methyl sites for hydroxylation is 1. The lowest BCUT2D eigenvalue weighted by molar-refractivity contribution is -0.137. The van der Waals surface area contributed by atoms with Gasteiger partial charge in [0.25, 0.3) is 11.8 Å². The van der Waals surface area contributed by atoms with Crippen LogP contribution < -0.4 is 10.2 Å². The lowest BCUT2D eigenvalue weighted by Crippen LogP contribution is -2.54. The Morgan fingerprint density at radius 3 is 2.48 bits per heavy atom. The molecule has 2 aromatic carbocycles. The summed E-state index contributed by atoms with van der Waals surface area (Å²) in [4.78, 5) is 26.9. The van der Waals surface area contributed by atoms with Crippen LogP contribution in [0.15, 0.2) is 64.6 Å². The molecule has 2 amide bonds. The molecule has 0 aliphatic carbocycles. The van der Waals surface area contributed by atoms with Gasteiger partial charge in [-0.2, -0.15) is 13.2 Å². The molecule has 0 unspecified atom stereocenters. The van der Waals surface area contributed by atoms with E-state index < -0.39 is 23.6 Å². The third-order valence-electron chi connectivity index (χ3n) is 5.31. The van der Waals surface area contributed by atoms with Gasteiger partial charge in [0.15, 0.2) is 5.11 Å². The topological polar surface area (TPSA) is 62.6 Å². The number of halogens is 3.